The van der Waals surface area contributed by atoms with Gasteiger partial charge in [0.25, 0.3) is 0 Å². The monoisotopic (exact) mass is 309 g/mol. The number of rotatable bonds is 4. The minimum absolute atomic E-state index is 0.0323. The molecule has 0 spiro atoms. The van der Waals surface area contributed by atoms with Gasteiger partial charge in [0.1, 0.15) is 6.04 Å². The molecule has 1 atom stereocenters. The number of carbonyl (C=O) groups excluding carboxylic acids is 2. The maximum Gasteiger partial charge on any atom is 0.244 e. The van der Waals surface area contributed by atoms with Gasteiger partial charge < -0.3 is 15.5 Å². The fraction of sp³-hybridized carbons (Fsp3) is 0.467. The number of piperazine rings is 1. The number of nitrogens with zero attached hydrogens (tertiary/aromatic N) is 1. The zero-order valence-corrected chi connectivity index (χ0v) is 12.8. The van der Waals surface area contributed by atoms with E-state index in [1.165, 1.54) is 0 Å². The lowest BCUT2D eigenvalue weighted by atomic mass is 10.1. The molecular formula is C15H20ClN3O2. The largest absolute Gasteiger partial charge is 0.355 e. The Morgan fingerprint density at radius 3 is 2.76 bits per heavy atom. The molecule has 0 aromatic heterocycles. The molecule has 0 saturated carbocycles. The quantitative estimate of drug-likeness (QED) is 0.865. The van der Waals surface area contributed by atoms with Crippen LogP contribution in [0.3, 0.4) is 0 Å². The Hall–Kier alpha value is -1.59. The average Bonchev–Trinajstić information content (AvgIpc) is 2.50. The number of halogens is 1. The molecule has 1 aromatic carbocycles. The van der Waals surface area contributed by atoms with E-state index in [0.29, 0.717) is 31.2 Å². The molecule has 21 heavy (non-hydrogen) atoms. The number of hydrogen-bond acceptors (Lipinski definition) is 3. The van der Waals surface area contributed by atoms with Crippen molar-refractivity contribution in [2.24, 2.45) is 0 Å². The summed E-state index contributed by atoms with van der Waals surface area (Å²) in [5.74, 6) is -0.135. The second-order valence-corrected chi connectivity index (χ2v) is 5.44. The van der Waals surface area contributed by atoms with Crippen molar-refractivity contribution in [3.8, 4) is 0 Å². The van der Waals surface area contributed by atoms with E-state index >= 15 is 0 Å². The van der Waals surface area contributed by atoms with E-state index in [2.05, 4.69) is 10.6 Å². The molecule has 1 heterocycles. The third kappa shape index (κ3) is 4.19. The first-order valence-electron chi connectivity index (χ1n) is 7.14. The van der Waals surface area contributed by atoms with E-state index < -0.39 is 6.04 Å². The van der Waals surface area contributed by atoms with E-state index in [1.54, 1.807) is 17.0 Å². The van der Waals surface area contributed by atoms with Crippen LogP contribution in [0.1, 0.15) is 12.5 Å². The third-order valence-electron chi connectivity index (χ3n) is 3.49. The highest BCUT2D eigenvalue weighted by Gasteiger charge is 2.31. The lowest BCUT2D eigenvalue weighted by Gasteiger charge is -2.35. The van der Waals surface area contributed by atoms with Crippen molar-refractivity contribution in [2.45, 2.75) is 19.4 Å². The molecule has 1 aliphatic rings. The van der Waals surface area contributed by atoms with Gasteiger partial charge in [-0.25, -0.2) is 0 Å². The molecule has 0 bridgehead atoms. The fourth-order valence-electron chi connectivity index (χ4n) is 2.41. The molecule has 114 valence electrons. The second-order valence-electron chi connectivity index (χ2n) is 5.00. The lowest BCUT2D eigenvalue weighted by molar-refractivity contribution is -0.141. The van der Waals surface area contributed by atoms with Crippen LogP contribution in [0.2, 0.25) is 5.02 Å². The predicted molar refractivity (Wildman–Crippen MR) is 82.2 cm³/mol. The molecule has 2 rings (SSSR count). The van der Waals surface area contributed by atoms with Gasteiger partial charge in [0.05, 0.1) is 6.42 Å². The highest BCUT2D eigenvalue weighted by molar-refractivity contribution is 6.30. The summed E-state index contributed by atoms with van der Waals surface area (Å²) in [5, 5.41) is 6.59. The molecule has 1 aromatic rings. The van der Waals surface area contributed by atoms with Crippen molar-refractivity contribution in [3.63, 3.8) is 0 Å². The second kappa shape index (κ2) is 7.43. The van der Waals surface area contributed by atoms with Crippen LogP contribution in [0.4, 0.5) is 0 Å². The van der Waals surface area contributed by atoms with Gasteiger partial charge in [0.15, 0.2) is 0 Å². The van der Waals surface area contributed by atoms with Gasteiger partial charge in [0, 0.05) is 31.2 Å². The number of benzene rings is 1. The zero-order valence-electron chi connectivity index (χ0n) is 12.1. The Kier molecular flexibility index (Phi) is 5.59. The minimum Gasteiger partial charge on any atom is -0.355 e. The Bertz CT molecular complexity index is 504. The molecule has 0 aliphatic carbocycles. The van der Waals surface area contributed by atoms with Crippen LogP contribution >= 0.6 is 11.6 Å². The SMILES string of the molecule is CCNC(=O)C1CNCCN1C(=O)Cc1ccc(Cl)cc1. The Morgan fingerprint density at radius 1 is 1.38 bits per heavy atom. The van der Waals surface area contributed by atoms with Crippen molar-refractivity contribution in [3.05, 3.63) is 34.9 Å². The minimum atomic E-state index is -0.432. The molecule has 1 aliphatic heterocycles. The van der Waals surface area contributed by atoms with Crippen molar-refractivity contribution in [1.82, 2.24) is 15.5 Å². The summed E-state index contributed by atoms with van der Waals surface area (Å²) in [7, 11) is 0. The number of nitrogens with one attached hydrogen (secondary N) is 2. The third-order valence-corrected chi connectivity index (χ3v) is 3.74. The first-order valence-corrected chi connectivity index (χ1v) is 7.52. The van der Waals surface area contributed by atoms with Crippen LogP contribution in [0.15, 0.2) is 24.3 Å². The summed E-state index contributed by atoms with van der Waals surface area (Å²) in [6, 6.07) is 6.78. The van der Waals surface area contributed by atoms with Gasteiger partial charge in [-0.05, 0) is 24.6 Å². The Morgan fingerprint density at radius 2 is 2.10 bits per heavy atom. The molecule has 1 unspecified atom stereocenters. The van der Waals surface area contributed by atoms with Gasteiger partial charge in [0.2, 0.25) is 11.8 Å². The molecule has 1 fully saturated rings. The van der Waals surface area contributed by atoms with Crippen molar-refractivity contribution in [2.75, 3.05) is 26.2 Å². The van der Waals surface area contributed by atoms with Gasteiger partial charge in [-0.3, -0.25) is 9.59 Å². The summed E-state index contributed by atoms with van der Waals surface area (Å²) >= 11 is 5.84. The van der Waals surface area contributed by atoms with Crippen LogP contribution in [0.5, 0.6) is 0 Å². The summed E-state index contributed by atoms with van der Waals surface area (Å²) < 4.78 is 0. The van der Waals surface area contributed by atoms with E-state index in [9.17, 15) is 9.59 Å². The molecule has 2 amide bonds. The summed E-state index contributed by atoms with van der Waals surface area (Å²) in [5.41, 5.74) is 0.901. The summed E-state index contributed by atoms with van der Waals surface area (Å²) in [6.45, 7) is 4.19. The normalized spacial score (nSPS) is 18.4. The molecule has 6 heteroatoms. The van der Waals surface area contributed by atoms with E-state index in [4.69, 9.17) is 11.6 Å². The van der Waals surface area contributed by atoms with Crippen molar-refractivity contribution < 1.29 is 9.59 Å². The van der Waals surface area contributed by atoms with Gasteiger partial charge in [-0.2, -0.15) is 0 Å². The number of likely N-dealkylation sites (N-methyl/N-ethyl adjacent to an activating group) is 1. The number of hydrogen-bond donors (Lipinski definition) is 2. The zero-order chi connectivity index (χ0) is 15.2. The lowest BCUT2D eigenvalue weighted by Crippen LogP contribution is -2.59. The highest BCUT2D eigenvalue weighted by atomic mass is 35.5. The molecule has 0 radical (unpaired) electrons. The number of amides is 2. The predicted octanol–water partition coefficient (Wildman–Crippen LogP) is 0.819. The Labute approximate surface area is 129 Å². The van der Waals surface area contributed by atoms with Crippen LogP contribution in [-0.4, -0.2) is 48.9 Å². The highest BCUT2D eigenvalue weighted by Crippen LogP contribution is 2.12. The van der Waals surface area contributed by atoms with Crippen molar-refractivity contribution >= 4 is 23.4 Å². The maximum absolute atomic E-state index is 12.5. The van der Waals surface area contributed by atoms with Gasteiger partial charge in [-0.1, -0.05) is 23.7 Å². The molecule has 2 N–H and O–H groups in total. The van der Waals surface area contributed by atoms with Crippen LogP contribution in [-0.2, 0) is 16.0 Å². The average molecular weight is 310 g/mol. The summed E-state index contributed by atoms with van der Waals surface area (Å²) in [4.78, 5) is 26.2. The van der Waals surface area contributed by atoms with Crippen LogP contribution in [0.25, 0.3) is 0 Å². The molecule has 1 saturated heterocycles. The summed E-state index contributed by atoms with van der Waals surface area (Å²) in [6.07, 6.45) is 0.285. The smallest absolute Gasteiger partial charge is 0.244 e. The van der Waals surface area contributed by atoms with Crippen LogP contribution in [0, 0.1) is 0 Å². The van der Waals surface area contributed by atoms with Gasteiger partial charge >= 0.3 is 0 Å². The standard InChI is InChI=1S/C15H20ClN3O2/c1-2-18-15(21)13-10-17-7-8-19(13)14(20)9-11-3-5-12(16)6-4-11/h3-6,13,17H,2,7-10H2,1H3,(H,18,21). The first-order chi connectivity index (χ1) is 10.1. The first kappa shape index (κ1) is 15.8. The maximum atomic E-state index is 12.5. The molecular weight excluding hydrogens is 290 g/mol. The van der Waals surface area contributed by atoms with E-state index in [-0.39, 0.29) is 18.2 Å². The van der Waals surface area contributed by atoms with E-state index in [0.717, 1.165) is 5.56 Å². The fourth-order valence-corrected chi connectivity index (χ4v) is 2.53. The van der Waals surface area contributed by atoms with Crippen molar-refractivity contribution in [1.29, 1.82) is 0 Å². The van der Waals surface area contributed by atoms with E-state index in [1.807, 2.05) is 19.1 Å². The molecule has 5 nitrogen and oxygen atoms in total. The van der Waals surface area contributed by atoms with Gasteiger partial charge in [-0.15, -0.1) is 0 Å². The Balaban J connectivity index is 2.04. The topological polar surface area (TPSA) is 61.4 Å². The van der Waals surface area contributed by atoms with Crippen LogP contribution < -0.4 is 10.6 Å². The number of carbonyl (C=O) groups is 2.